The van der Waals surface area contributed by atoms with E-state index in [4.69, 9.17) is 21.1 Å². The minimum absolute atomic E-state index is 0.00688. The van der Waals surface area contributed by atoms with Crippen molar-refractivity contribution in [1.82, 2.24) is 5.32 Å². The molecule has 3 atom stereocenters. The zero-order valence-corrected chi connectivity index (χ0v) is 13.3. The van der Waals surface area contributed by atoms with Gasteiger partial charge in [0.1, 0.15) is 11.6 Å². The average molecular weight is 352 g/mol. The minimum Gasteiger partial charge on any atom is -0.481 e. The van der Waals surface area contributed by atoms with Gasteiger partial charge in [-0.1, -0.05) is 17.7 Å². The van der Waals surface area contributed by atoms with Crippen LogP contribution in [-0.2, 0) is 9.59 Å². The highest BCUT2D eigenvalue weighted by Gasteiger charge is 2.46. The van der Waals surface area contributed by atoms with Crippen LogP contribution >= 0.6 is 11.6 Å². The fourth-order valence-corrected chi connectivity index (χ4v) is 2.85. The number of furan rings is 1. The Morgan fingerprint density at radius 3 is 2.83 bits per heavy atom. The predicted octanol–water partition coefficient (Wildman–Crippen LogP) is 3.51. The first kappa shape index (κ1) is 16.5. The normalized spacial score (nSPS) is 20.4. The molecule has 24 heavy (non-hydrogen) atoms. The van der Waals surface area contributed by atoms with E-state index in [0.29, 0.717) is 12.0 Å². The molecule has 2 N–H and O–H groups in total. The van der Waals surface area contributed by atoms with Crippen LogP contribution in [0.1, 0.15) is 36.1 Å². The standard InChI is InChI=1S/C17H15ClFNO4/c18-12-4-3-9(6-13(12)19)14(8-16(21)22)20-17(23)11-7-10(11)15-2-1-5-24-15/h1-6,10-11,14H,7-8H2,(H,20,23)(H,21,22)/t10-,11-,14+/m1/s1. The summed E-state index contributed by atoms with van der Waals surface area (Å²) in [7, 11) is 0. The second-order valence-corrected chi connectivity index (χ2v) is 6.20. The average Bonchev–Trinajstić information content (AvgIpc) is 3.15. The van der Waals surface area contributed by atoms with Crippen LogP contribution in [0.5, 0.6) is 0 Å². The van der Waals surface area contributed by atoms with Crippen molar-refractivity contribution in [2.75, 3.05) is 0 Å². The molecule has 0 aliphatic heterocycles. The van der Waals surface area contributed by atoms with Crippen LogP contribution in [0.25, 0.3) is 0 Å². The number of rotatable bonds is 6. The zero-order valence-electron chi connectivity index (χ0n) is 12.5. The fraction of sp³-hybridized carbons (Fsp3) is 0.294. The van der Waals surface area contributed by atoms with E-state index in [1.165, 1.54) is 12.1 Å². The summed E-state index contributed by atoms with van der Waals surface area (Å²) in [5.41, 5.74) is 0.364. The lowest BCUT2D eigenvalue weighted by Crippen LogP contribution is -2.31. The maximum Gasteiger partial charge on any atom is 0.305 e. The highest BCUT2D eigenvalue weighted by atomic mass is 35.5. The first-order valence-electron chi connectivity index (χ1n) is 7.46. The van der Waals surface area contributed by atoms with E-state index in [-0.39, 0.29) is 29.2 Å². The van der Waals surface area contributed by atoms with Gasteiger partial charge in [0.25, 0.3) is 0 Å². The summed E-state index contributed by atoms with van der Waals surface area (Å²) in [5, 5.41) is 11.7. The number of benzene rings is 1. The highest BCUT2D eigenvalue weighted by Crippen LogP contribution is 2.48. The molecule has 0 unspecified atom stereocenters. The number of amides is 1. The molecule has 1 saturated carbocycles. The number of aliphatic carboxylic acids is 1. The van der Waals surface area contributed by atoms with Crippen LogP contribution in [0.3, 0.4) is 0 Å². The Balaban J connectivity index is 1.71. The number of halogens is 2. The number of nitrogens with one attached hydrogen (secondary N) is 1. The molecule has 1 aliphatic carbocycles. The third-order valence-corrected chi connectivity index (χ3v) is 4.38. The maximum atomic E-state index is 13.6. The highest BCUT2D eigenvalue weighted by molar-refractivity contribution is 6.30. The second-order valence-electron chi connectivity index (χ2n) is 5.80. The van der Waals surface area contributed by atoms with E-state index in [1.807, 2.05) is 0 Å². The SMILES string of the molecule is O=C(O)C[C@H](NC(=O)[C@@H]1C[C@H]1c1ccco1)c1ccc(Cl)c(F)c1. The first-order chi connectivity index (χ1) is 11.5. The number of carboxylic acid groups (broad SMARTS) is 1. The van der Waals surface area contributed by atoms with Gasteiger partial charge in [0.15, 0.2) is 0 Å². The molecule has 5 nitrogen and oxygen atoms in total. The molecule has 3 rings (SSSR count). The van der Waals surface area contributed by atoms with Crippen LogP contribution in [0.4, 0.5) is 4.39 Å². The fourth-order valence-electron chi connectivity index (χ4n) is 2.74. The van der Waals surface area contributed by atoms with Crippen molar-refractivity contribution >= 4 is 23.5 Å². The minimum atomic E-state index is -1.09. The van der Waals surface area contributed by atoms with Gasteiger partial charge in [0.05, 0.1) is 23.7 Å². The summed E-state index contributed by atoms with van der Waals surface area (Å²) in [5.74, 6) is -1.52. The van der Waals surface area contributed by atoms with Crippen molar-refractivity contribution in [2.45, 2.75) is 24.8 Å². The Hall–Kier alpha value is -2.34. The molecule has 0 radical (unpaired) electrons. The third-order valence-electron chi connectivity index (χ3n) is 4.08. The van der Waals surface area contributed by atoms with E-state index in [0.717, 1.165) is 11.8 Å². The van der Waals surface area contributed by atoms with Gasteiger partial charge in [0, 0.05) is 11.8 Å². The molecule has 1 heterocycles. The Labute approximate surface area is 142 Å². The lowest BCUT2D eigenvalue weighted by atomic mass is 10.0. The van der Waals surface area contributed by atoms with Gasteiger partial charge in [-0.05, 0) is 36.2 Å². The number of hydrogen-bond donors (Lipinski definition) is 2. The van der Waals surface area contributed by atoms with Crippen molar-refractivity contribution in [1.29, 1.82) is 0 Å². The molecule has 1 aromatic carbocycles. The molecule has 1 amide bonds. The summed E-state index contributed by atoms with van der Waals surface area (Å²) >= 11 is 5.64. The van der Waals surface area contributed by atoms with Gasteiger partial charge in [0.2, 0.25) is 5.91 Å². The largest absolute Gasteiger partial charge is 0.481 e. The van der Waals surface area contributed by atoms with Crippen LogP contribution in [0.2, 0.25) is 5.02 Å². The molecule has 1 aliphatic rings. The molecule has 0 saturated heterocycles. The molecule has 1 aromatic heterocycles. The number of carbonyl (C=O) groups excluding carboxylic acids is 1. The van der Waals surface area contributed by atoms with Crippen LogP contribution in [0.15, 0.2) is 41.0 Å². The quantitative estimate of drug-likeness (QED) is 0.834. The van der Waals surface area contributed by atoms with E-state index >= 15 is 0 Å². The van der Waals surface area contributed by atoms with Gasteiger partial charge < -0.3 is 14.8 Å². The monoisotopic (exact) mass is 351 g/mol. The Morgan fingerprint density at radius 2 is 2.21 bits per heavy atom. The van der Waals surface area contributed by atoms with E-state index in [1.54, 1.807) is 18.4 Å². The summed E-state index contributed by atoms with van der Waals surface area (Å²) in [6.07, 6.45) is 1.85. The topological polar surface area (TPSA) is 79.5 Å². The molecular formula is C17H15ClFNO4. The van der Waals surface area contributed by atoms with E-state index < -0.39 is 17.8 Å². The van der Waals surface area contributed by atoms with Crippen molar-refractivity contribution in [3.05, 3.63) is 58.8 Å². The lowest BCUT2D eigenvalue weighted by Gasteiger charge is -2.18. The summed E-state index contributed by atoms with van der Waals surface area (Å²) in [6.45, 7) is 0. The molecule has 2 aromatic rings. The number of carboxylic acids is 1. The van der Waals surface area contributed by atoms with E-state index in [2.05, 4.69) is 5.32 Å². The van der Waals surface area contributed by atoms with Gasteiger partial charge >= 0.3 is 5.97 Å². The Bertz CT molecular complexity index is 762. The van der Waals surface area contributed by atoms with Gasteiger partial charge in [-0.2, -0.15) is 0 Å². The van der Waals surface area contributed by atoms with Gasteiger partial charge in [-0.25, -0.2) is 4.39 Å². The summed E-state index contributed by atoms with van der Waals surface area (Å²) < 4.78 is 18.9. The third kappa shape index (κ3) is 3.59. The smallest absolute Gasteiger partial charge is 0.305 e. The van der Waals surface area contributed by atoms with Crippen molar-refractivity contribution in [3.8, 4) is 0 Å². The second kappa shape index (κ2) is 6.65. The molecule has 1 fully saturated rings. The van der Waals surface area contributed by atoms with Gasteiger partial charge in [-0.3, -0.25) is 9.59 Å². The molecular weight excluding hydrogens is 337 g/mol. The predicted molar refractivity (Wildman–Crippen MR) is 84.1 cm³/mol. The maximum absolute atomic E-state index is 13.6. The van der Waals surface area contributed by atoms with Gasteiger partial charge in [-0.15, -0.1) is 0 Å². The van der Waals surface area contributed by atoms with Crippen LogP contribution in [0, 0.1) is 11.7 Å². The van der Waals surface area contributed by atoms with Crippen LogP contribution < -0.4 is 5.32 Å². The molecule has 7 heteroatoms. The van der Waals surface area contributed by atoms with Crippen molar-refractivity contribution in [3.63, 3.8) is 0 Å². The summed E-state index contributed by atoms with van der Waals surface area (Å²) in [6, 6.07) is 6.74. The molecule has 0 spiro atoms. The van der Waals surface area contributed by atoms with Crippen LogP contribution in [-0.4, -0.2) is 17.0 Å². The Morgan fingerprint density at radius 1 is 1.42 bits per heavy atom. The zero-order chi connectivity index (χ0) is 17.3. The molecule has 0 bridgehead atoms. The first-order valence-corrected chi connectivity index (χ1v) is 7.84. The van der Waals surface area contributed by atoms with Crippen molar-refractivity contribution in [2.24, 2.45) is 5.92 Å². The lowest BCUT2D eigenvalue weighted by molar-refractivity contribution is -0.137. The number of carbonyl (C=O) groups is 2. The Kier molecular flexibility index (Phi) is 4.57. The molecule has 126 valence electrons. The number of hydrogen-bond acceptors (Lipinski definition) is 3. The van der Waals surface area contributed by atoms with Crippen molar-refractivity contribution < 1.29 is 23.5 Å². The van der Waals surface area contributed by atoms with E-state index in [9.17, 15) is 14.0 Å². The summed E-state index contributed by atoms with van der Waals surface area (Å²) in [4.78, 5) is 23.4.